The van der Waals surface area contributed by atoms with Crippen molar-refractivity contribution in [1.82, 2.24) is 25.6 Å². The zero-order chi connectivity index (χ0) is 20.9. The first-order chi connectivity index (χ1) is 14.7. The summed E-state index contributed by atoms with van der Waals surface area (Å²) in [5.41, 5.74) is 2.24. The Bertz CT molecular complexity index is 1310. The monoisotopic (exact) mass is 431 g/mol. The summed E-state index contributed by atoms with van der Waals surface area (Å²) >= 11 is 2.74. The van der Waals surface area contributed by atoms with Gasteiger partial charge in [-0.25, -0.2) is 5.10 Å². The van der Waals surface area contributed by atoms with E-state index in [0.717, 1.165) is 16.0 Å². The smallest absolute Gasteiger partial charge is 0.267 e. The number of tetrazole rings is 1. The fourth-order valence-electron chi connectivity index (χ4n) is 3.00. The Kier molecular flexibility index (Phi) is 5.70. The molecule has 4 aromatic rings. The molecule has 0 atom stereocenters. The summed E-state index contributed by atoms with van der Waals surface area (Å²) in [6.07, 6.45) is 0.575. The van der Waals surface area contributed by atoms with Crippen LogP contribution in [0.15, 0.2) is 51.6 Å². The second-order valence-electron chi connectivity index (χ2n) is 6.24. The van der Waals surface area contributed by atoms with Crippen molar-refractivity contribution in [2.75, 3.05) is 0 Å². The third-order valence-electron chi connectivity index (χ3n) is 4.31. The van der Waals surface area contributed by atoms with Gasteiger partial charge in [0.1, 0.15) is 17.7 Å². The van der Waals surface area contributed by atoms with E-state index < -0.39 is 5.56 Å². The quantitative estimate of drug-likeness (QED) is 0.447. The molecular formula is C20H13N7OS2. The number of rotatable bonds is 6. The van der Waals surface area contributed by atoms with E-state index in [-0.39, 0.29) is 5.56 Å². The summed E-state index contributed by atoms with van der Waals surface area (Å²) in [5, 5.41) is 35.3. The van der Waals surface area contributed by atoms with Crippen molar-refractivity contribution in [3.8, 4) is 22.6 Å². The Balaban J connectivity index is 1.64. The molecule has 10 heteroatoms. The Labute approximate surface area is 179 Å². The Morgan fingerprint density at radius 2 is 1.93 bits per heavy atom. The van der Waals surface area contributed by atoms with Gasteiger partial charge in [-0.1, -0.05) is 30.3 Å². The highest BCUT2D eigenvalue weighted by Crippen LogP contribution is 2.34. The Morgan fingerprint density at radius 1 is 1.10 bits per heavy atom. The molecule has 0 bridgehead atoms. The van der Waals surface area contributed by atoms with Crippen LogP contribution in [0.4, 0.5) is 0 Å². The molecule has 0 radical (unpaired) electrons. The van der Waals surface area contributed by atoms with Crippen molar-refractivity contribution in [3.63, 3.8) is 0 Å². The van der Waals surface area contributed by atoms with E-state index in [9.17, 15) is 15.3 Å². The summed E-state index contributed by atoms with van der Waals surface area (Å²) in [7, 11) is 0. The predicted octanol–water partition coefficient (Wildman–Crippen LogP) is 3.24. The molecule has 1 aromatic carbocycles. The number of benzene rings is 1. The van der Waals surface area contributed by atoms with Crippen molar-refractivity contribution >= 4 is 23.1 Å². The van der Waals surface area contributed by atoms with Crippen LogP contribution >= 0.6 is 23.1 Å². The third-order valence-corrected chi connectivity index (χ3v) is 6.27. The molecule has 0 aliphatic carbocycles. The maximum absolute atomic E-state index is 12.5. The molecule has 0 spiro atoms. The molecule has 146 valence electrons. The summed E-state index contributed by atoms with van der Waals surface area (Å²) in [5.74, 6) is 1.21. The first-order valence-electron chi connectivity index (χ1n) is 8.77. The van der Waals surface area contributed by atoms with E-state index in [2.05, 4.69) is 31.7 Å². The molecule has 0 aliphatic rings. The van der Waals surface area contributed by atoms with Crippen molar-refractivity contribution in [1.29, 1.82) is 10.5 Å². The van der Waals surface area contributed by atoms with Gasteiger partial charge in [-0.3, -0.25) is 4.79 Å². The van der Waals surface area contributed by atoms with Gasteiger partial charge in [0.25, 0.3) is 5.56 Å². The fraction of sp³-hybridized carbons (Fsp3) is 0.100. The maximum Gasteiger partial charge on any atom is 0.267 e. The van der Waals surface area contributed by atoms with Crippen molar-refractivity contribution in [2.45, 2.75) is 17.2 Å². The fourth-order valence-corrected chi connectivity index (χ4v) is 4.73. The number of nitrogens with one attached hydrogen (secondary N) is 2. The third kappa shape index (κ3) is 4.01. The zero-order valence-electron chi connectivity index (χ0n) is 15.4. The lowest BCUT2D eigenvalue weighted by molar-refractivity contribution is 0.881. The topological polar surface area (TPSA) is 135 Å². The van der Waals surface area contributed by atoms with Crippen LogP contribution < -0.4 is 5.56 Å². The van der Waals surface area contributed by atoms with Crippen LogP contribution in [0.2, 0.25) is 0 Å². The maximum atomic E-state index is 12.5. The number of aromatic amines is 2. The lowest BCUT2D eigenvalue weighted by Crippen LogP contribution is -2.14. The first-order valence-corrected chi connectivity index (χ1v) is 10.6. The molecule has 2 N–H and O–H groups in total. The molecule has 0 amide bonds. The van der Waals surface area contributed by atoms with Gasteiger partial charge in [-0.2, -0.15) is 10.5 Å². The number of aromatic nitrogens is 5. The molecule has 3 heterocycles. The average molecular weight is 432 g/mol. The average Bonchev–Trinajstić information content (AvgIpc) is 3.46. The van der Waals surface area contributed by atoms with Gasteiger partial charge in [0.2, 0.25) is 0 Å². The number of H-pyrrole nitrogens is 2. The van der Waals surface area contributed by atoms with E-state index >= 15 is 0 Å². The van der Waals surface area contributed by atoms with Gasteiger partial charge in [-0.05, 0) is 33.0 Å². The molecule has 0 saturated carbocycles. The molecule has 0 fully saturated rings. The number of nitriles is 2. The van der Waals surface area contributed by atoms with Gasteiger partial charge in [0.15, 0.2) is 5.82 Å². The van der Waals surface area contributed by atoms with Crippen LogP contribution in [-0.4, -0.2) is 25.6 Å². The second kappa shape index (κ2) is 8.74. The number of thioether (sulfide) groups is 1. The van der Waals surface area contributed by atoms with Crippen molar-refractivity contribution in [2.24, 2.45) is 0 Å². The largest absolute Gasteiger partial charge is 0.315 e. The Morgan fingerprint density at radius 3 is 2.63 bits per heavy atom. The van der Waals surface area contributed by atoms with Crippen LogP contribution in [0.3, 0.4) is 0 Å². The number of hydrogen-bond donors (Lipinski definition) is 2. The van der Waals surface area contributed by atoms with Crippen LogP contribution in [0.1, 0.15) is 28.1 Å². The summed E-state index contributed by atoms with van der Waals surface area (Å²) in [4.78, 5) is 15.9. The number of hydrogen-bond acceptors (Lipinski definition) is 8. The van der Waals surface area contributed by atoms with Gasteiger partial charge in [0, 0.05) is 22.6 Å². The predicted molar refractivity (Wildman–Crippen MR) is 113 cm³/mol. The van der Waals surface area contributed by atoms with Crippen LogP contribution in [-0.2, 0) is 12.2 Å². The molecule has 30 heavy (non-hydrogen) atoms. The minimum absolute atomic E-state index is 0.0407. The van der Waals surface area contributed by atoms with Gasteiger partial charge in [-0.15, -0.1) is 28.2 Å². The van der Waals surface area contributed by atoms with E-state index in [4.69, 9.17) is 0 Å². The highest BCUT2D eigenvalue weighted by Gasteiger charge is 2.20. The van der Waals surface area contributed by atoms with Gasteiger partial charge >= 0.3 is 0 Å². The summed E-state index contributed by atoms with van der Waals surface area (Å²) in [6, 6.07) is 15.7. The van der Waals surface area contributed by atoms with E-state index in [1.54, 1.807) is 6.07 Å². The molecule has 0 unspecified atom stereocenters. The summed E-state index contributed by atoms with van der Waals surface area (Å²) in [6.45, 7) is 0. The van der Waals surface area contributed by atoms with E-state index in [1.807, 2.05) is 41.8 Å². The summed E-state index contributed by atoms with van der Waals surface area (Å²) < 4.78 is 0. The van der Waals surface area contributed by atoms with E-state index in [0.29, 0.717) is 34.2 Å². The minimum Gasteiger partial charge on any atom is -0.315 e. The van der Waals surface area contributed by atoms with Crippen molar-refractivity contribution < 1.29 is 0 Å². The lowest BCUT2D eigenvalue weighted by atomic mass is 10.0. The van der Waals surface area contributed by atoms with Crippen LogP contribution in [0.25, 0.3) is 10.4 Å². The highest BCUT2D eigenvalue weighted by atomic mass is 32.2. The number of pyridine rings is 1. The second-order valence-corrected chi connectivity index (χ2v) is 8.18. The number of nitrogens with zero attached hydrogens (tertiary/aromatic N) is 5. The molecule has 0 saturated heterocycles. The molecular weight excluding hydrogens is 418 g/mol. The molecule has 0 aliphatic heterocycles. The standard InChI is InChI=1S/C20H13N7OS2/c21-9-14-18(16-5-2-6-29-16)15(10-22)20(23-19(14)28)30-11-13-4-1-3-12(7-13)8-17-24-26-27-25-17/h1-7H,8,11H2,(H,23,28)(H,24,25,26,27). The van der Waals surface area contributed by atoms with Crippen LogP contribution in [0, 0.1) is 22.7 Å². The first kappa shape index (κ1) is 19.6. The number of thiophene rings is 1. The highest BCUT2D eigenvalue weighted by molar-refractivity contribution is 7.98. The van der Waals surface area contributed by atoms with E-state index in [1.165, 1.54) is 23.1 Å². The molecule has 4 rings (SSSR count). The molecule has 3 aromatic heterocycles. The zero-order valence-corrected chi connectivity index (χ0v) is 17.0. The van der Waals surface area contributed by atoms with Gasteiger partial charge < -0.3 is 4.98 Å². The lowest BCUT2D eigenvalue weighted by Gasteiger charge is -2.10. The van der Waals surface area contributed by atoms with Crippen molar-refractivity contribution in [3.05, 3.63) is 80.2 Å². The normalized spacial score (nSPS) is 10.5. The SMILES string of the molecule is N#Cc1c(SCc2cccc(Cc3nnn[nH]3)c2)[nH]c(=O)c(C#N)c1-c1cccs1. The minimum atomic E-state index is -0.492. The Hall–Kier alpha value is -3.73. The van der Waals surface area contributed by atoms with Gasteiger partial charge in [0.05, 0.1) is 10.6 Å². The van der Waals surface area contributed by atoms with Crippen LogP contribution in [0.5, 0.6) is 0 Å². The molecule has 8 nitrogen and oxygen atoms in total.